The summed E-state index contributed by atoms with van der Waals surface area (Å²) in [6.45, 7) is 13.1. The Morgan fingerprint density at radius 2 is 1.29 bits per heavy atom. The number of ether oxygens (including phenoxy) is 1. The third-order valence-electron chi connectivity index (χ3n) is 2.24. The van der Waals surface area contributed by atoms with E-state index in [1.165, 1.54) is 6.92 Å². The molecule has 0 aliphatic carbocycles. The van der Waals surface area contributed by atoms with Crippen LogP contribution in [0.1, 0.15) is 54.4 Å². The molecule has 7 heteroatoms. The fraction of sp³-hybridized carbons (Fsp3) is 0.857. The summed E-state index contributed by atoms with van der Waals surface area (Å²) in [7, 11) is 0. The molecule has 0 N–H and O–H groups in total. The van der Waals surface area contributed by atoms with E-state index in [-0.39, 0.29) is 0 Å². The molecule has 0 saturated heterocycles. The molecule has 0 unspecified atom stereocenters. The fourth-order valence-corrected chi connectivity index (χ4v) is 4.91. The molecule has 126 valence electrons. The Bertz CT molecular complexity index is 266. The third-order valence-corrected chi connectivity index (χ3v) is 7.00. The van der Waals surface area contributed by atoms with Gasteiger partial charge in [0.25, 0.3) is 0 Å². The van der Waals surface area contributed by atoms with E-state index in [0.29, 0.717) is 32.7 Å². The second kappa shape index (κ2) is 14.7. The monoisotopic (exact) mass is 342 g/mol. The van der Waals surface area contributed by atoms with Crippen LogP contribution in [0.2, 0.25) is 4.73 Å². The van der Waals surface area contributed by atoms with Gasteiger partial charge in [-0.15, -0.1) is 0 Å². The number of hydrogen-bond acceptors (Lipinski definition) is 6. The van der Waals surface area contributed by atoms with E-state index in [4.69, 9.17) is 9.96 Å². The van der Waals surface area contributed by atoms with Crippen LogP contribution in [0.4, 0.5) is 0 Å². The average molecular weight is 342 g/mol. The molecular weight excluding hydrogens is 312 g/mol. The molecule has 0 aromatic rings. The molecule has 0 atom stereocenters. The van der Waals surface area contributed by atoms with Crippen molar-refractivity contribution in [3.8, 4) is 0 Å². The van der Waals surface area contributed by atoms with Crippen LogP contribution in [0.15, 0.2) is 0 Å². The van der Waals surface area contributed by atoms with Crippen LogP contribution in [0.5, 0.6) is 0 Å². The van der Waals surface area contributed by atoms with Gasteiger partial charge in [0.1, 0.15) is 0 Å². The maximum atomic E-state index is 10.4. The van der Waals surface area contributed by atoms with Crippen molar-refractivity contribution in [2.45, 2.75) is 59.1 Å². The molecular formula is C14H30O6Ti. The normalized spacial score (nSPS) is 10.6. The summed E-state index contributed by atoms with van der Waals surface area (Å²) >= 11 is -2.78. The standard InChI is InChI=1S/C6H10O3.3C2H5O.C2H5.Ti/c1-3-4-6(8)9-5(2)7;3*1-2-3;1-2;/h3-4H2,1-2H3;3*2H2,1H3;1H2,2H3;/q;3*-1;;+3. The van der Waals surface area contributed by atoms with Gasteiger partial charge in [-0.2, -0.15) is 0 Å². The van der Waals surface area contributed by atoms with Crippen molar-refractivity contribution >= 4 is 11.9 Å². The van der Waals surface area contributed by atoms with Gasteiger partial charge in [0.2, 0.25) is 0 Å². The summed E-state index contributed by atoms with van der Waals surface area (Å²) in [4.78, 5) is 20.5. The third kappa shape index (κ3) is 13.1. The summed E-state index contributed by atoms with van der Waals surface area (Å²) in [5.41, 5.74) is 0. The predicted octanol–water partition coefficient (Wildman–Crippen LogP) is 3.31. The molecule has 0 aromatic carbocycles. The number of hydrogen-bond donors (Lipinski definition) is 0. The predicted molar refractivity (Wildman–Crippen MR) is 77.0 cm³/mol. The molecule has 0 heterocycles. The molecule has 21 heavy (non-hydrogen) atoms. The Hall–Kier alpha value is -0.266. The van der Waals surface area contributed by atoms with Crippen molar-refractivity contribution in [2.75, 3.05) is 19.8 Å². The molecule has 0 aromatic heterocycles. The Morgan fingerprint density at radius 1 is 0.857 bits per heavy atom. The van der Waals surface area contributed by atoms with E-state index in [2.05, 4.69) is 11.7 Å². The van der Waals surface area contributed by atoms with E-state index in [0.717, 1.165) is 4.73 Å². The first-order valence-electron chi connectivity index (χ1n) is 7.54. The number of carbonyl (C=O) groups excluding carboxylic acids is 2. The summed E-state index contributed by atoms with van der Waals surface area (Å²) in [6.07, 6.45) is 1.03. The van der Waals surface area contributed by atoms with Crippen molar-refractivity contribution < 1.29 is 42.0 Å². The second-order valence-corrected chi connectivity index (χ2v) is 8.64. The molecule has 0 aliphatic heterocycles. The molecule has 0 spiro atoms. The second-order valence-electron chi connectivity index (χ2n) is 4.05. The van der Waals surface area contributed by atoms with Crippen molar-refractivity contribution in [3.05, 3.63) is 0 Å². The van der Waals surface area contributed by atoms with Gasteiger partial charge in [0.05, 0.1) is 0 Å². The van der Waals surface area contributed by atoms with Gasteiger partial charge < -0.3 is 4.74 Å². The van der Waals surface area contributed by atoms with Crippen LogP contribution >= 0.6 is 0 Å². The molecule has 0 saturated carbocycles. The van der Waals surface area contributed by atoms with Crippen LogP contribution < -0.4 is 0 Å². The SMILES string of the molecule is CCCC(=O)OC(C)=O.CC[O][Ti]([CH2]C)([O]CC)[O]CC. The first kappa shape index (κ1) is 23.0. The Balaban J connectivity index is 0. The molecule has 0 fully saturated rings. The van der Waals surface area contributed by atoms with Crippen molar-refractivity contribution in [1.29, 1.82) is 0 Å². The van der Waals surface area contributed by atoms with Crippen molar-refractivity contribution in [3.63, 3.8) is 0 Å². The molecule has 0 aliphatic rings. The number of carbonyl (C=O) groups is 2. The zero-order valence-corrected chi connectivity index (χ0v) is 15.8. The van der Waals surface area contributed by atoms with Crippen molar-refractivity contribution in [2.24, 2.45) is 0 Å². The van der Waals surface area contributed by atoms with E-state index in [9.17, 15) is 9.59 Å². The molecule has 0 rings (SSSR count). The summed E-state index contributed by atoms with van der Waals surface area (Å²) in [5.74, 6) is -0.974. The zero-order valence-electron chi connectivity index (χ0n) is 14.2. The molecule has 0 radical (unpaired) electrons. The van der Waals surface area contributed by atoms with Gasteiger partial charge in [-0.05, 0) is 6.42 Å². The van der Waals surface area contributed by atoms with Gasteiger partial charge in [-0.25, -0.2) is 0 Å². The van der Waals surface area contributed by atoms with Crippen LogP contribution in [0.25, 0.3) is 0 Å². The van der Waals surface area contributed by atoms with Crippen molar-refractivity contribution in [1.82, 2.24) is 0 Å². The first-order valence-corrected chi connectivity index (χ1v) is 10.6. The van der Waals surface area contributed by atoms with E-state index in [1.54, 1.807) is 0 Å². The summed E-state index contributed by atoms with van der Waals surface area (Å²) in [5, 5.41) is 0. The number of esters is 2. The fourth-order valence-electron chi connectivity index (χ4n) is 1.51. The minimum absolute atomic E-state index is 0.319. The Morgan fingerprint density at radius 3 is 1.52 bits per heavy atom. The molecule has 6 nitrogen and oxygen atoms in total. The summed E-state index contributed by atoms with van der Waals surface area (Å²) in [6, 6.07) is 0. The Labute approximate surface area is 133 Å². The Kier molecular flexibility index (Phi) is 16.1. The number of rotatable bonds is 9. The van der Waals surface area contributed by atoms with Crippen LogP contribution in [-0.2, 0) is 42.0 Å². The van der Waals surface area contributed by atoms with E-state index in [1.807, 2.05) is 27.7 Å². The topological polar surface area (TPSA) is 71.1 Å². The van der Waals surface area contributed by atoms with Gasteiger partial charge in [0.15, 0.2) is 0 Å². The van der Waals surface area contributed by atoms with Gasteiger partial charge in [0, 0.05) is 13.3 Å². The van der Waals surface area contributed by atoms with E-state index < -0.39 is 29.7 Å². The molecule has 0 bridgehead atoms. The maximum absolute atomic E-state index is 10.4. The average Bonchev–Trinajstić information content (AvgIpc) is 2.39. The molecule has 0 amide bonds. The van der Waals surface area contributed by atoms with Gasteiger partial charge in [-0.3, -0.25) is 9.59 Å². The van der Waals surface area contributed by atoms with Crippen LogP contribution in [-0.4, -0.2) is 31.8 Å². The van der Waals surface area contributed by atoms with Crippen LogP contribution in [0, 0.1) is 0 Å². The quantitative estimate of drug-likeness (QED) is 0.364. The summed E-state index contributed by atoms with van der Waals surface area (Å²) < 4.78 is 21.9. The van der Waals surface area contributed by atoms with Crippen LogP contribution in [0.3, 0.4) is 0 Å². The van der Waals surface area contributed by atoms with E-state index >= 15 is 0 Å². The van der Waals surface area contributed by atoms with Gasteiger partial charge in [-0.1, -0.05) is 6.92 Å². The van der Waals surface area contributed by atoms with Gasteiger partial charge >= 0.3 is 91.9 Å². The zero-order chi connectivity index (χ0) is 16.7. The first-order chi connectivity index (χ1) is 9.91. The minimum atomic E-state index is -2.78.